The summed E-state index contributed by atoms with van der Waals surface area (Å²) in [6, 6.07) is 0. The number of carbonyl (C=O) groups is 1. The van der Waals surface area contributed by atoms with Crippen LogP contribution in [-0.4, -0.2) is 93.8 Å². The third kappa shape index (κ3) is 95.5. The first-order valence-electron chi connectivity index (χ1n) is 0.651. The van der Waals surface area contributed by atoms with E-state index in [9.17, 15) is 0 Å². The monoisotopic (exact) mass is 246 g/mol. The third-order valence-corrected chi connectivity index (χ3v) is 0. The van der Waals surface area contributed by atoms with Crippen LogP contribution in [0.2, 0.25) is 0 Å². The third-order valence-electron chi connectivity index (χ3n) is 0. The van der Waals surface area contributed by atoms with Crippen LogP contribution in [0.3, 0.4) is 0 Å². The van der Waals surface area contributed by atoms with Gasteiger partial charge in [0.25, 0.3) is 0 Å². The molecule has 0 aromatic carbocycles. The summed E-state index contributed by atoms with van der Waals surface area (Å²) in [6.07, 6.45) is -1.83. The summed E-state index contributed by atoms with van der Waals surface area (Å²) in [5.74, 6) is 0. The van der Waals surface area contributed by atoms with Gasteiger partial charge < -0.3 is 15.7 Å². The van der Waals surface area contributed by atoms with Crippen molar-refractivity contribution in [3.8, 4) is 0 Å². The topological polar surface area (TPSA) is 89.0 Å². The summed E-state index contributed by atoms with van der Waals surface area (Å²) >= 11 is 0. The molecule has 0 heterocycles. The molecule has 0 aromatic heterocycles. The molecule has 0 unspecified atom stereocenters. The summed E-state index contributed by atoms with van der Waals surface area (Å²) in [6.45, 7) is 0. The van der Waals surface area contributed by atoms with Crippen LogP contribution in [0, 0.1) is 0 Å². The maximum atomic E-state index is 8.56. The van der Waals surface area contributed by atoms with Gasteiger partial charge in [-0.3, -0.25) is 0 Å². The Kier molecular flexibility index (Phi) is 52.6. The van der Waals surface area contributed by atoms with Crippen LogP contribution >= 0.6 is 0 Å². The Labute approximate surface area is 96.8 Å². The molecule has 4 N–H and O–H groups in total. The maximum Gasteiger partial charge on any atom is 0.316 e. The summed E-state index contributed by atoms with van der Waals surface area (Å²) in [5, 5.41) is 13.9. The fourth-order valence-corrected chi connectivity index (χ4v) is 0. The second-order valence-electron chi connectivity index (χ2n) is 0.283. The first-order valence-corrected chi connectivity index (χ1v) is 0.651. The summed E-state index contributed by atoms with van der Waals surface area (Å²) < 4.78 is 0. The van der Waals surface area contributed by atoms with Crippen molar-refractivity contribution >= 4 is 78.1 Å². The quantitative estimate of drug-likeness (QED) is 0.465. The summed E-state index contributed by atoms with van der Waals surface area (Å²) in [5.41, 5.74) is 0. The Balaban J connectivity index is -0.0000000150. The fourth-order valence-electron chi connectivity index (χ4n) is 0. The van der Waals surface area contributed by atoms with Gasteiger partial charge in [-0.05, 0) is 0 Å². The molecule has 0 spiro atoms. The first kappa shape index (κ1) is 23.5. The zero-order chi connectivity index (χ0) is 3.58. The normalized spacial score (nSPS) is 3.43. The predicted molar refractivity (Wildman–Crippen MR) is 31.4 cm³/mol. The van der Waals surface area contributed by atoms with Crippen molar-refractivity contribution in [3.63, 3.8) is 0 Å². The Morgan fingerprint density at radius 2 is 1.29 bits per heavy atom. The standard InChI is InChI=1S/CH2O3.Ba.Mg.H2O.4H/c2-1(3)4;;;;;;;/h(H2,2,3,4);;;1H2;;;;. The van der Waals surface area contributed by atoms with Gasteiger partial charge in [0.15, 0.2) is 0 Å². The number of hydrogen-bond donors (Lipinski definition) is 2. The van der Waals surface area contributed by atoms with E-state index in [1.54, 1.807) is 0 Å². The Morgan fingerprint density at radius 1 is 1.29 bits per heavy atom. The van der Waals surface area contributed by atoms with Gasteiger partial charge in [0, 0.05) is 0 Å². The molecule has 0 bridgehead atoms. The van der Waals surface area contributed by atoms with Gasteiger partial charge in [0.2, 0.25) is 0 Å². The molecule has 0 aliphatic rings. The SMILES string of the molecule is O.O=C(O)O.[BaH2].[MgH2]. The Bertz CT molecular complexity index is 34.7. The summed E-state index contributed by atoms with van der Waals surface area (Å²) in [4.78, 5) is 8.56. The molecule has 0 amide bonds. The Hall–Kier alpha value is 1.57. The average Bonchev–Trinajstić information content (AvgIpc) is 0.811. The molecule has 0 saturated carbocycles. The van der Waals surface area contributed by atoms with Gasteiger partial charge in [-0.1, -0.05) is 0 Å². The van der Waals surface area contributed by atoms with E-state index in [-0.39, 0.29) is 77.4 Å². The smallest absolute Gasteiger partial charge is 0.316 e. The van der Waals surface area contributed by atoms with E-state index in [0.29, 0.717) is 0 Å². The van der Waals surface area contributed by atoms with Crippen molar-refractivity contribution in [1.82, 2.24) is 0 Å². The van der Waals surface area contributed by atoms with Gasteiger partial charge in [-0.25, -0.2) is 4.79 Å². The van der Waals surface area contributed by atoms with Crippen LogP contribution in [-0.2, 0) is 0 Å². The predicted octanol–water partition coefficient (Wildman–Crippen LogP) is -2.43. The van der Waals surface area contributed by atoms with Crippen molar-refractivity contribution in [2.45, 2.75) is 0 Å². The first-order chi connectivity index (χ1) is 1.73. The van der Waals surface area contributed by atoms with Crippen molar-refractivity contribution in [2.24, 2.45) is 0 Å². The van der Waals surface area contributed by atoms with E-state index in [1.165, 1.54) is 0 Å². The van der Waals surface area contributed by atoms with Gasteiger partial charge in [-0.2, -0.15) is 0 Å². The van der Waals surface area contributed by atoms with Gasteiger partial charge in [0.05, 0.1) is 0 Å². The molecule has 0 aromatic rings. The van der Waals surface area contributed by atoms with E-state index < -0.39 is 6.16 Å². The van der Waals surface area contributed by atoms with Crippen molar-refractivity contribution < 1.29 is 20.5 Å². The summed E-state index contributed by atoms with van der Waals surface area (Å²) in [7, 11) is 0. The van der Waals surface area contributed by atoms with Crippen LogP contribution in [0.1, 0.15) is 0 Å². The molecule has 0 radical (unpaired) electrons. The number of hydrogen-bond acceptors (Lipinski definition) is 1. The maximum absolute atomic E-state index is 8.56. The van der Waals surface area contributed by atoms with Crippen LogP contribution in [0.25, 0.3) is 0 Å². The zero-order valence-electron chi connectivity index (χ0n) is 2.30. The molecule has 0 aliphatic heterocycles. The van der Waals surface area contributed by atoms with Crippen molar-refractivity contribution in [1.29, 1.82) is 0 Å². The van der Waals surface area contributed by atoms with E-state index >= 15 is 0 Å². The van der Waals surface area contributed by atoms with Crippen molar-refractivity contribution in [2.75, 3.05) is 0 Å². The van der Waals surface area contributed by atoms with E-state index in [2.05, 4.69) is 0 Å². The van der Waals surface area contributed by atoms with Crippen LogP contribution in [0.5, 0.6) is 0 Å². The molecular weight excluding hydrogens is 238 g/mol. The average molecular weight is 246 g/mol. The number of rotatable bonds is 0. The minimum atomic E-state index is -1.83. The molecule has 0 fully saturated rings. The molecule has 0 aliphatic carbocycles. The molecular formula is CH8BaMgO4. The van der Waals surface area contributed by atoms with E-state index in [4.69, 9.17) is 15.0 Å². The van der Waals surface area contributed by atoms with E-state index in [1.807, 2.05) is 0 Å². The molecule has 0 atom stereocenters. The van der Waals surface area contributed by atoms with Crippen molar-refractivity contribution in [3.05, 3.63) is 0 Å². The van der Waals surface area contributed by atoms with Crippen LogP contribution in [0.15, 0.2) is 0 Å². The molecule has 6 heteroatoms. The zero-order valence-corrected chi connectivity index (χ0v) is 2.30. The minimum Gasteiger partial charge on any atom is 0.316 e. The molecule has 40 valence electrons. The van der Waals surface area contributed by atoms with Gasteiger partial charge >= 0.3 is 78.1 Å². The fraction of sp³-hybridized carbons (Fsp3) is 0. The molecule has 7 heavy (non-hydrogen) atoms. The van der Waals surface area contributed by atoms with Gasteiger partial charge in [-0.15, -0.1) is 0 Å². The largest absolute Gasteiger partial charge is 0.316 e. The van der Waals surface area contributed by atoms with E-state index in [0.717, 1.165) is 0 Å². The van der Waals surface area contributed by atoms with Crippen LogP contribution in [0.4, 0.5) is 4.79 Å². The van der Waals surface area contributed by atoms with Crippen LogP contribution < -0.4 is 0 Å². The Morgan fingerprint density at radius 3 is 1.29 bits per heavy atom. The number of carboxylic acid groups (broad SMARTS) is 2. The molecule has 4 nitrogen and oxygen atoms in total. The second kappa shape index (κ2) is 15.6. The minimum absolute atomic E-state index is 0. The second-order valence-corrected chi connectivity index (χ2v) is 0.283. The molecule has 0 rings (SSSR count). The molecule has 0 saturated heterocycles. The van der Waals surface area contributed by atoms with Gasteiger partial charge in [0.1, 0.15) is 0 Å².